The van der Waals surface area contributed by atoms with Crippen molar-refractivity contribution in [2.75, 3.05) is 20.3 Å². The van der Waals surface area contributed by atoms with E-state index < -0.39 is 5.97 Å². The number of methoxy groups -OCH3 is 1. The summed E-state index contributed by atoms with van der Waals surface area (Å²) in [5, 5.41) is 12.0. The zero-order valence-electron chi connectivity index (χ0n) is 14.7. The van der Waals surface area contributed by atoms with E-state index in [1.807, 2.05) is 24.3 Å². The zero-order valence-corrected chi connectivity index (χ0v) is 14.7. The smallest absolute Gasteiger partial charge is 0.335 e. The molecule has 0 spiro atoms. The lowest BCUT2D eigenvalue weighted by Crippen LogP contribution is -2.26. The normalized spacial score (nSPS) is 10.2. The van der Waals surface area contributed by atoms with Gasteiger partial charge in [-0.25, -0.2) is 4.79 Å². The first kappa shape index (κ1) is 19.3. The lowest BCUT2D eigenvalue weighted by molar-refractivity contribution is -0.121. The lowest BCUT2D eigenvalue weighted by Gasteiger charge is -2.09. The molecule has 2 N–H and O–H groups in total. The fraction of sp³-hybridized carbons (Fsp3) is 0.300. The highest BCUT2D eigenvalue weighted by Gasteiger charge is 2.10. The summed E-state index contributed by atoms with van der Waals surface area (Å²) in [4.78, 5) is 23.0. The van der Waals surface area contributed by atoms with Crippen LogP contribution >= 0.6 is 0 Å². The number of aryl methyl sites for hydroxylation is 1. The third-order valence-corrected chi connectivity index (χ3v) is 3.84. The summed E-state index contributed by atoms with van der Waals surface area (Å²) in [7, 11) is 1.61. The largest absolute Gasteiger partial charge is 0.497 e. The summed E-state index contributed by atoms with van der Waals surface area (Å²) in [5.74, 6) is 0.447. The molecule has 0 fully saturated rings. The van der Waals surface area contributed by atoms with Gasteiger partial charge in [0.25, 0.3) is 0 Å². The molecule has 0 aromatic heterocycles. The van der Waals surface area contributed by atoms with Crippen molar-refractivity contribution >= 4 is 11.9 Å². The number of nitrogens with one attached hydrogen (secondary N) is 1. The summed E-state index contributed by atoms with van der Waals surface area (Å²) >= 11 is 0. The summed E-state index contributed by atoms with van der Waals surface area (Å²) in [6.45, 7) is 1.00. The van der Waals surface area contributed by atoms with E-state index in [0.29, 0.717) is 31.6 Å². The number of rotatable bonds is 10. The monoisotopic (exact) mass is 357 g/mol. The second kappa shape index (κ2) is 10.1. The Labute approximate surface area is 152 Å². The summed E-state index contributed by atoms with van der Waals surface area (Å²) in [5.41, 5.74) is 0.909. The molecule has 0 saturated carbocycles. The van der Waals surface area contributed by atoms with Crippen molar-refractivity contribution < 1.29 is 24.2 Å². The molecule has 0 atom stereocenters. The van der Waals surface area contributed by atoms with Gasteiger partial charge in [-0.15, -0.1) is 0 Å². The molecule has 138 valence electrons. The van der Waals surface area contributed by atoms with Crippen LogP contribution in [-0.2, 0) is 11.2 Å². The van der Waals surface area contributed by atoms with Crippen LogP contribution in [0.3, 0.4) is 0 Å². The molecule has 2 rings (SSSR count). The Morgan fingerprint density at radius 2 is 1.73 bits per heavy atom. The van der Waals surface area contributed by atoms with Crippen LogP contribution in [0.4, 0.5) is 0 Å². The quantitative estimate of drug-likeness (QED) is 0.639. The lowest BCUT2D eigenvalue weighted by atomic mass is 10.0. The minimum Gasteiger partial charge on any atom is -0.497 e. The van der Waals surface area contributed by atoms with Gasteiger partial charge < -0.3 is 19.9 Å². The van der Waals surface area contributed by atoms with Gasteiger partial charge in [-0.3, -0.25) is 4.79 Å². The molecule has 6 heteroatoms. The molecule has 0 aliphatic rings. The van der Waals surface area contributed by atoms with E-state index in [1.165, 1.54) is 0 Å². The predicted octanol–water partition coefficient (Wildman–Crippen LogP) is 2.91. The number of aromatic carboxylic acids is 1. The molecule has 1 amide bonds. The van der Waals surface area contributed by atoms with Gasteiger partial charge in [-0.2, -0.15) is 0 Å². The molecule has 0 heterocycles. The maximum atomic E-state index is 11.9. The van der Waals surface area contributed by atoms with Crippen LogP contribution in [0.15, 0.2) is 48.5 Å². The van der Waals surface area contributed by atoms with Gasteiger partial charge in [0.15, 0.2) is 0 Å². The van der Waals surface area contributed by atoms with Gasteiger partial charge in [0.05, 0.1) is 19.3 Å². The first-order valence-electron chi connectivity index (χ1n) is 8.45. The average Bonchev–Trinajstić information content (AvgIpc) is 2.66. The van der Waals surface area contributed by atoms with E-state index in [4.69, 9.17) is 14.6 Å². The van der Waals surface area contributed by atoms with Crippen molar-refractivity contribution in [2.45, 2.75) is 19.3 Å². The van der Waals surface area contributed by atoms with E-state index >= 15 is 0 Å². The van der Waals surface area contributed by atoms with Gasteiger partial charge >= 0.3 is 5.97 Å². The van der Waals surface area contributed by atoms with Crippen LogP contribution in [0, 0.1) is 0 Å². The van der Waals surface area contributed by atoms with Crippen molar-refractivity contribution in [1.82, 2.24) is 5.32 Å². The van der Waals surface area contributed by atoms with Gasteiger partial charge in [0.1, 0.15) is 11.5 Å². The minimum atomic E-state index is -0.975. The van der Waals surface area contributed by atoms with Gasteiger partial charge in [0.2, 0.25) is 5.91 Å². The molecule has 0 radical (unpaired) electrons. The summed E-state index contributed by atoms with van der Waals surface area (Å²) in [6.07, 6.45) is 1.34. The summed E-state index contributed by atoms with van der Waals surface area (Å²) < 4.78 is 10.7. The zero-order chi connectivity index (χ0) is 18.8. The number of carbonyl (C=O) groups excluding carboxylic acids is 1. The van der Waals surface area contributed by atoms with E-state index in [0.717, 1.165) is 11.5 Å². The Morgan fingerprint density at radius 3 is 2.42 bits per heavy atom. The Morgan fingerprint density at radius 1 is 1.04 bits per heavy atom. The third kappa shape index (κ3) is 6.12. The van der Waals surface area contributed by atoms with Crippen LogP contribution in [0.25, 0.3) is 0 Å². The number of carboxylic acids is 1. The number of hydrogen-bond acceptors (Lipinski definition) is 4. The molecule has 0 bridgehead atoms. The highest BCUT2D eigenvalue weighted by Crippen LogP contribution is 2.17. The predicted molar refractivity (Wildman–Crippen MR) is 97.8 cm³/mol. The van der Waals surface area contributed by atoms with Crippen LogP contribution in [0.2, 0.25) is 0 Å². The van der Waals surface area contributed by atoms with Gasteiger partial charge in [-0.1, -0.05) is 18.2 Å². The summed E-state index contributed by atoms with van der Waals surface area (Å²) in [6, 6.07) is 14.0. The molecule has 0 aliphatic heterocycles. The second-order valence-electron chi connectivity index (χ2n) is 5.69. The maximum absolute atomic E-state index is 11.9. The first-order chi connectivity index (χ1) is 12.6. The number of ether oxygens (including phenoxy) is 2. The Bertz CT molecular complexity index is 727. The molecule has 2 aromatic rings. The van der Waals surface area contributed by atoms with Crippen molar-refractivity contribution in [3.05, 3.63) is 59.7 Å². The molecule has 2 aromatic carbocycles. The number of carboxylic acid groups (broad SMARTS) is 1. The highest BCUT2D eigenvalue weighted by molar-refractivity contribution is 5.89. The number of amides is 1. The minimum absolute atomic E-state index is 0.102. The molecular weight excluding hydrogens is 334 g/mol. The third-order valence-electron chi connectivity index (χ3n) is 3.84. The first-order valence-corrected chi connectivity index (χ1v) is 8.45. The van der Waals surface area contributed by atoms with Crippen LogP contribution in [0.5, 0.6) is 11.5 Å². The molecule has 0 saturated heterocycles. The van der Waals surface area contributed by atoms with Crippen LogP contribution < -0.4 is 14.8 Å². The maximum Gasteiger partial charge on any atom is 0.335 e. The molecule has 6 nitrogen and oxygen atoms in total. The van der Waals surface area contributed by atoms with Crippen molar-refractivity contribution in [1.29, 1.82) is 0 Å². The molecular formula is C20H23NO5. The number of carbonyl (C=O) groups is 2. The van der Waals surface area contributed by atoms with Gasteiger partial charge in [0, 0.05) is 13.0 Å². The average molecular weight is 357 g/mol. The Balaban J connectivity index is 1.64. The molecule has 0 unspecified atom stereocenters. The fourth-order valence-corrected chi connectivity index (χ4v) is 2.45. The van der Waals surface area contributed by atoms with Crippen molar-refractivity contribution in [3.8, 4) is 11.5 Å². The Kier molecular flexibility index (Phi) is 7.49. The second-order valence-corrected chi connectivity index (χ2v) is 5.69. The highest BCUT2D eigenvalue weighted by atomic mass is 16.5. The number of hydrogen-bond donors (Lipinski definition) is 2. The van der Waals surface area contributed by atoms with E-state index in [9.17, 15) is 9.59 Å². The van der Waals surface area contributed by atoms with Crippen LogP contribution in [0.1, 0.15) is 28.8 Å². The van der Waals surface area contributed by atoms with Crippen molar-refractivity contribution in [2.24, 2.45) is 0 Å². The topological polar surface area (TPSA) is 84.9 Å². The van der Waals surface area contributed by atoms with E-state index in [1.54, 1.807) is 31.4 Å². The van der Waals surface area contributed by atoms with E-state index in [-0.39, 0.29) is 17.9 Å². The molecule has 26 heavy (non-hydrogen) atoms. The van der Waals surface area contributed by atoms with E-state index in [2.05, 4.69) is 5.32 Å². The van der Waals surface area contributed by atoms with Crippen molar-refractivity contribution in [3.63, 3.8) is 0 Å². The van der Waals surface area contributed by atoms with Crippen LogP contribution in [-0.4, -0.2) is 37.2 Å². The SMILES string of the molecule is COc1ccc(OCCCNC(=O)CCc2ccccc2C(=O)O)cc1. The van der Waals surface area contributed by atoms with Gasteiger partial charge in [-0.05, 0) is 48.7 Å². The molecule has 0 aliphatic carbocycles. The standard InChI is InChI=1S/C20H23NO5/c1-25-16-8-10-17(11-9-16)26-14-4-13-21-19(22)12-7-15-5-2-3-6-18(15)20(23)24/h2-3,5-6,8-11H,4,7,12-14H2,1H3,(H,21,22)(H,23,24). The number of benzene rings is 2. The fourth-order valence-electron chi connectivity index (χ4n) is 2.45. The Hall–Kier alpha value is -3.02.